The third kappa shape index (κ3) is 2.83. The van der Waals surface area contributed by atoms with E-state index in [0.717, 1.165) is 42.7 Å². The minimum atomic E-state index is -0.987. The van der Waals surface area contributed by atoms with E-state index in [2.05, 4.69) is 10.3 Å². The molecule has 0 saturated heterocycles. The van der Waals surface area contributed by atoms with E-state index < -0.39 is 5.97 Å². The molecular formula is C11H16N2O3S. The van der Waals surface area contributed by atoms with E-state index in [0.29, 0.717) is 6.54 Å². The number of hydrogen-bond donors (Lipinski definition) is 3. The number of aliphatic hydroxyl groups excluding tert-OH is 1. The van der Waals surface area contributed by atoms with E-state index in [-0.39, 0.29) is 17.2 Å². The Morgan fingerprint density at radius 1 is 1.53 bits per heavy atom. The maximum Gasteiger partial charge on any atom is 0.365 e. The van der Waals surface area contributed by atoms with Crippen LogP contribution in [0.3, 0.4) is 0 Å². The Hall–Kier alpha value is -0.980. The number of hydrogen-bond acceptors (Lipinski definition) is 5. The van der Waals surface area contributed by atoms with Gasteiger partial charge in [-0.25, -0.2) is 9.78 Å². The van der Waals surface area contributed by atoms with Gasteiger partial charge in [-0.1, -0.05) is 12.8 Å². The molecule has 94 valence electrons. The molecule has 0 aliphatic heterocycles. The average molecular weight is 256 g/mol. The van der Waals surface area contributed by atoms with Crippen molar-refractivity contribution in [1.29, 1.82) is 0 Å². The second-order valence-electron chi connectivity index (χ2n) is 4.45. The van der Waals surface area contributed by atoms with Crippen molar-refractivity contribution in [3.05, 3.63) is 16.1 Å². The number of nitrogens with zero attached hydrogens (tertiary/aromatic N) is 1. The number of nitrogens with one attached hydrogen (secondary N) is 1. The molecule has 1 heterocycles. The first-order valence-electron chi connectivity index (χ1n) is 5.69. The predicted octanol–water partition coefficient (Wildman–Crippen LogP) is 1.24. The number of carbonyl (C=O) groups is 1. The summed E-state index contributed by atoms with van der Waals surface area (Å²) in [7, 11) is 0. The summed E-state index contributed by atoms with van der Waals surface area (Å²) < 4.78 is 0. The fourth-order valence-electron chi connectivity index (χ4n) is 2.21. The zero-order valence-corrected chi connectivity index (χ0v) is 10.3. The van der Waals surface area contributed by atoms with Crippen LogP contribution >= 0.6 is 11.3 Å². The molecule has 0 amide bonds. The molecule has 1 aliphatic rings. The zero-order chi connectivity index (χ0) is 12.3. The molecule has 1 aromatic rings. The summed E-state index contributed by atoms with van der Waals surface area (Å²) in [5, 5.41) is 23.4. The molecule has 1 fully saturated rings. The Bertz CT molecular complexity index is 399. The number of thiazole rings is 1. The van der Waals surface area contributed by atoms with Crippen LogP contribution in [0.4, 0.5) is 0 Å². The van der Waals surface area contributed by atoms with Crippen molar-refractivity contribution in [2.24, 2.45) is 0 Å². The monoisotopic (exact) mass is 256 g/mol. The third-order valence-corrected chi connectivity index (χ3v) is 4.12. The van der Waals surface area contributed by atoms with E-state index in [1.165, 1.54) is 0 Å². The van der Waals surface area contributed by atoms with Crippen LogP contribution < -0.4 is 5.32 Å². The van der Waals surface area contributed by atoms with Crippen LogP contribution in [-0.4, -0.2) is 33.3 Å². The van der Waals surface area contributed by atoms with E-state index in [1.807, 2.05) is 0 Å². The zero-order valence-electron chi connectivity index (χ0n) is 9.48. The molecule has 0 unspecified atom stereocenters. The van der Waals surface area contributed by atoms with Gasteiger partial charge in [0.25, 0.3) is 0 Å². The van der Waals surface area contributed by atoms with Crippen LogP contribution in [0.25, 0.3) is 0 Å². The van der Waals surface area contributed by atoms with Gasteiger partial charge in [0.1, 0.15) is 0 Å². The van der Waals surface area contributed by atoms with E-state index in [1.54, 1.807) is 5.38 Å². The molecule has 0 bridgehead atoms. The van der Waals surface area contributed by atoms with E-state index >= 15 is 0 Å². The molecule has 6 heteroatoms. The van der Waals surface area contributed by atoms with Gasteiger partial charge in [-0.2, -0.15) is 0 Å². The lowest BCUT2D eigenvalue weighted by Gasteiger charge is -2.27. The normalized spacial score (nSPS) is 18.4. The smallest absolute Gasteiger partial charge is 0.365 e. The first-order valence-corrected chi connectivity index (χ1v) is 6.57. The van der Waals surface area contributed by atoms with Crippen molar-refractivity contribution in [2.45, 2.75) is 37.8 Å². The molecule has 5 nitrogen and oxygen atoms in total. The molecule has 0 radical (unpaired) electrons. The first kappa shape index (κ1) is 12.5. The highest BCUT2D eigenvalue weighted by Crippen LogP contribution is 2.29. The fraction of sp³-hybridized carbons (Fsp3) is 0.636. The fourth-order valence-corrected chi connectivity index (χ4v) is 2.86. The summed E-state index contributed by atoms with van der Waals surface area (Å²) in [6.07, 6.45) is 4.20. The van der Waals surface area contributed by atoms with Crippen LogP contribution in [0.1, 0.15) is 41.2 Å². The highest BCUT2D eigenvalue weighted by Gasteiger charge is 2.32. The maximum atomic E-state index is 10.7. The van der Waals surface area contributed by atoms with Gasteiger partial charge in [0.15, 0.2) is 0 Å². The van der Waals surface area contributed by atoms with Gasteiger partial charge in [-0.15, -0.1) is 11.3 Å². The summed E-state index contributed by atoms with van der Waals surface area (Å²) >= 11 is 1.13. The lowest BCUT2D eigenvalue weighted by atomic mass is 9.99. The second kappa shape index (κ2) is 5.12. The Morgan fingerprint density at radius 2 is 2.24 bits per heavy atom. The second-order valence-corrected chi connectivity index (χ2v) is 5.31. The summed E-state index contributed by atoms with van der Waals surface area (Å²) in [6, 6.07) is 0. The minimum absolute atomic E-state index is 0.117. The van der Waals surface area contributed by atoms with Crippen LogP contribution in [0.2, 0.25) is 0 Å². The number of carboxylic acid groups (broad SMARTS) is 1. The predicted molar refractivity (Wildman–Crippen MR) is 64.2 cm³/mol. The van der Waals surface area contributed by atoms with Gasteiger partial charge >= 0.3 is 5.97 Å². The molecule has 0 spiro atoms. The van der Waals surface area contributed by atoms with Crippen LogP contribution in [0, 0.1) is 0 Å². The van der Waals surface area contributed by atoms with Crippen molar-refractivity contribution in [3.63, 3.8) is 0 Å². The van der Waals surface area contributed by atoms with Crippen molar-refractivity contribution in [3.8, 4) is 0 Å². The number of aromatic nitrogens is 1. The lowest BCUT2D eigenvalue weighted by Crippen LogP contribution is -2.45. The largest absolute Gasteiger partial charge is 0.476 e. The van der Waals surface area contributed by atoms with Crippen LogP contribution in [-0.2, 0) is 6.54 Å². The number of aromatic carboxylic acids is 1. The van der Waals surface area contributed by atoms with E-state index in [9.17, 15) is 9.90 Å². The SMILES string of the molecule is O=C(O)c1nc(CNC2(CO)CCCC2)cs1. The molecular weight excluding hydrogens is 240 g/mol. The highest BCUT2D eigenvalue weighted by atomic mass is 32.1. The number of rotatable bonds is 5. The molecule has 1 aromatic heterocycles. The molecule has 17 heavy (non-hydrogen) atoms. The van der Waals surface area contributed by atoms with Crippen molar-refractivity contribution < 1.29 is 15.0 Å². The van der Waals surface area contributed by atoms with Crippen LogP contribution in [0.15, 0.2) is 5.38 Å². The van der Waals surface area contributed by atoms with Crippen molar-refractivity contribution in [1.82, 2.24) is 10.3 Å². The quantitative estimate of drug-likeness (QED) is 0.738. The van der Waals surface area contributed by atoms with Gasteiger partial charge in [0.2, 0.25) is 5.01 Å². The molecule has 0 aromatic carbocycles. The Morgan fingerprint density at radius 3 is 2.76 bits per heavy atom. The van der Waals surface area contributed by atoms with Crippen molar-refractivity contribution in [2.75, 3.05) is 6.61 Å². The summed E-state index contributed by atoms with van der Waals surface area (Å²) in [6.45, 7) is 0.646. The molecule has 1 saturated carbocycles. The van der Waals surface area contributed by atoms with E-state index in [4.69, 9.17) is 5.11 Å². The molecule has 2 rings (SSSR count). The molecule has 0 atom stereocenters. The average Bonchev–Trinajstić information content (AvgIpc) is 2.96. The van der Waals surface area contributed by atoms with Gasteiger partial charge in [-0.05, 0) is 12.8 Å². The van der Waals surface area contributed by atoms with Crippen LogP contribution in [0.5, 0.6) is 0 Å². The van der Waals surface area contributed by atoms with Crippen molar-refractivity contribution >= 4 is 17.3 Å². The minimum Gasteiger partial charge on any atom is -0.476 e. The summed E-state index contributed by atoms with van der Waals surface area (Å²) in [5.74, 6) is -0.987. The lowest BCUT2D eigenvalue weighted by molar-refractivity contribution is 0.0696. The molecule has 3 N–H and O–H groups in total. The van der Waals surface area contributed by atoms with Gasteiger partial charge in [-0.3, -0.25) is 0 Å². The third-order valence-electron chi connectivity index (χ3n) is 3.24. The summed E-state index contributed by atoms with van der Waals surface area (Å²) in [4.78, 5) is 14.7. The number of carboxylic acids is 1. The maximum absolute atomic E-state index is 10.7. The Kier molecular flexibility index (Phi) is 3.76. The standard InChI is InChI=1S/C11H16N2O3S/c14-7-11(3-1-2-4-11)12-5-8-6-17-9(13-8)10(15)16/h6,12,14H,1-5,7H2,(H,15,16). The highest BCUT2D eigenvalue weighted by molar-refractivity contribution is 7.11. The Balaban J connectivity index is 1.94. The van der Waals surface area contributed by atoms with Gasteiger partial charge < -0.3 is 15.5 Å². The van der Waals surface area contributed by atoms with Gasteiger partial charge in [0.05, 0.1) is 12.3 Å². The Labute approximate surface area is 104 Å². The number of aliphatic hydroxyl groups is 1. The first-order chi connectivity index (χ1) is 8.15. The molecule has 1 aliphatic carbocycles. The van der Waals surface area contributed by atoms with Gasteiger partial charge in [0, 0.05) is 17.5 Å². The summed E-state index contributed by atoms with van der Waals surface area (Å²) in [5.41, 5.74) is 0.541. The topological polar surface area (TPSA) is 82.5 Å².